The van der Waals surface area contributed by atoms with Crippen LogP contribution in [-0.2, 0) is 9.59 Å². The van der Waals surface area contributed by atoms with Crippen LogP contribution in [0.25, 0.3) is 11.2 Å². The van der Waals surface area contributed by atoms with Crippen molar-refractivity contribution < 1.29 is 9.59 Å². The number of amides is 2. The SMILES string of the molecule is CC(=O)Nc1nc(NC(C)=O)c2nc(C)cnc2n1. The molecule has 98 valence electrons. The first kappa shape index (κ1) is 12.8. The highest BCUT2D eigenvalue weighted by Gasteiger charge is 2.12. The van der Waals surface area contributed by atoms with E-state index in [2.05, 4.69) is 30.6 Å². The molecule has 2 amide bonds. The lowest BCUT2D eigenvalue weighted by atomic mass is 10.4. The zero-order valence-electron chi connectivity index (χ0n) is 10.7. The van der Waals surface area contributed by atoms with Crippen molar-refractivity contribution >= 4 is 34.7 Å². The van der Waals surface area contributed by atoms with Crippen molar-refractivity contribution in [3.63, 3.8) is 0 Å². The first-order valence-electron chi connectivity index (χ1n) is 5.52. The molecule has 0 aliphatic carbocycles. The predicted octanol–water partition coefficient (Wildman–Crippen LogP) is 0.645. The van der Waals surface area contributed by atoms with E-state index in [-0.39, 0.29) is 23.6 Å². The van der Waals surface area contributed by atoms with Crippen molar-refractivity contribution in [2.24, 2.45) is 0 Å². The van der Waals surface area contributed by atoms with Crippen LogP contribution in [0, 0.1) is 6.92 Å². The van der Waals surface area contributed by atoms with E-state index in [1.807, 2.05) is 0 Å². The maximum Gasteiger partial charge on any atom is 0.233 e. The summed E-state index contributed by atoms with van der Waals surface area (Å²) in [5.74, 6) is -0.315. The molecule has 0 aromatic carbocycles. The molecule has 0 atom stereocenters. The second kappa shape index (κ2) is 4.92. The molecule has 2 rings (SSSR count). The Hall–Kier alpha value is -2.64. The molecule has 0 fully saturated rings. The molecular weight excluding hydrogens is 248 g/mol. The number of hydrogen-bond donors (Lipinski definition) is 2. The summed E-state index contributed by atoms with van der Waals surface area (Å²) >= 11 is 0. The van der Waals surface area contributed by atoms with Crippen LogP contribution in [0.5, 0.6) is 0 Å². The largest absolute Gasteiger partial charge is 0.309 e. The molecular formula is C11H12N6O2. The summed E-state index contributed by atoms with van der Waals surface area (Å²) in [6.45, 7) is 4.47. The fourth-order valence-electron chi connectivity index (χ4n) is 1.46. The smallest absolute Gasteiger partial charge is 0.233 e. The average molecular weight is 260 g/mol. The summed E-state index contributed by atoms with van der Waals surface area (Å²) in [7, 11) is 0. The van der Waals surface area contributed by atoms with Gasteiger partial charge in [0.25, 0.3) is 0 Å². The molecule has 2 N–H and O–H groups in total. The number of nitrogens with one attached hydrogen (secondary N) is 2. The number of anilines is 2. The molecule has 0 aliphatic heterocycles. The first-order valence-corrected chi connectivity index (χ1v) is 5.52. The minimum Gasteiger partial charge on any atom is -0.309 e. The summed E-state index contributed by atoms with van der Waals surface area (Å²) in [5.41, 5.74) is 1.35. The Morgan fingerprint density at radius 1 is 1.05 bits per heavy atom. The highest BCUT2D eigenvalue weighted by atomic mass is 16.2. The zero-order valence-corrected chi connectivity index (χ0v) is 10.7. The van der Waals surface area contributed by atoms with E-state index in [9.17, 15) is 9.59 Å². The normalized spacial score (nSPS) is 10.3. The van der Waals surface area contributed by atoms with E-state index in [1.54, 1.807) is 13.1 Å². The molecule has 0 saturated carbocycles. The molecule has 0 unspecified atom stereocenters. The van der Waals surface area contributed by atoms with Gasteiger partial charge in [0, 0.05) is 13.8 Å². The molecule has 2 aromatic rings. The maximum atomic E-state index is 11.2. The van der Waals surface area contributed by atoms with E-state index in [1.165, 1.54) is 13.8 Å². The lowest BCUT2D eigenvalue weighted by Gasteiger charge is -2.08. The van der Waals surface area contributed by atoms with E-state index in [0.717, 1.165) is 0 Å². The van der Waals surface area contributed by atoms with E-state index < -0.39 is 0 Å². The van der Waals surface area contributed by atoms with Crippen LogP contribution < -0.4 is 10.6 Å². The summed E-state index contributed by atoms with van der Waals surface area (Å²) in [6, 6.07) is 0. The standard InChI is InChI=1S/C11H12N6O2/c1-5-4-12-9-8(13-5)10(14-6(2)18)17-11(16-9)15-7(3)19/h4H,1-3H3,(H2,12,14,15,16,17,18,19). The third-order valence-electron chi connectivity index (χ3n) is 2.11. The van der Waals surface area contributed by atoms with Crippen molar-refractivity contribution in [1.82, 2.24) is 19.9 Å². The van der Waals surface area contributed by atoms with Crippen LogP contribution in [0.2, 0.25) is 0 Å². The zero-order chi connectivity index (χ0) is 14.0. The summed E-state index contributed by atoms with van der Waals surface area (Å²) in [5, 5.41) is 4.99. The third-order valence-corrected chi connectivity index (χ3v) is 2.11. The van der Waals surface area contributed by atoms with Gasteiger partial charge in [-0.1, -0.05) is 0 Å². The van der Waals surface area contributed by atoms with Crippen LogP contribution >= 0.6 is 0 Å². The third kappa shape index (κ3) is 2.97. The molecule has 0 aliphatic rings. The van der Waals surface area contributed by atoms with Crippen molar-refractivity contribution in [1.29, 1.82) is 0 Å². The summed E-state index contributed by atoms with van der Waals surface area (Å²) in [4.78, 5) is 38.6. The van der Waals surface area contributed by atoms with Gasteiger partial charge in [-0.3, -0.25) is 14.9 Å². The van der Waals surface area contributed by atoms with Gasteiger partial charge in [-0.05, 0) is 6.92 Å². The highest BCUT2D eigenvalue weighted by molar-refractivity contribution is 5.96. The van der Waals surface area contributed by atoms with Gasteiger partial charge in [-0.15, -0.1) is 0 Å². The minimum atomic E-state index is -0.312. The molecule has 2 heterocycles. The Morgan fingerprint density at radius 3 is 2.37 bits per heavy atom. The Kier molecular flexibility index (Phi) is 3.32. The van der Waals surface area contributed by atoms with E-state index in [0.29, 0.717) is 16.9 Å². The number of carbonyl (C=O) groups excluding carboxylic acids is 2. The van der Waals surface area contributed by atoms with Crippen LogP contribution in [0.1, 0.15) is 19.5 Å². The monoisotopic (exact) mass is 260 g/mol. The van der Waals surface area contributed by atoms with Gasteiger partial charge >= 0.3 is 0 Å². The lowest BCUT2D eigenvalue weighted by molar-refractivity contribution is -0.115. The van der Waals surface area contributed by atoms with Gasteiger partial charge in [0.05, 0.1) is 11.9 Å². The van der Waals surface area contributed by atoms with Gasteiger partial charge in [0.2, 0.25) is 17.8 Å². The fourth-order valence-corrected chi connectivity index (χ4v) is 1.46. The molecule has 8 nitrogen and oxygen atoms in total. The first-order chi connectivity index (χ1) is 8.95. The highest BCUT2D eigenvalue weighted by Crippen LogP contribution is 2.18. The summed E-state index contributed by atoms with van der Waals surface area (Å²) in [6.07, 6.45) is 1.55. The number of aryl methyl sites for hydroxylation is 1. The lowest BCUT2D eigenvalue weighted by Crippen LogP contribution is -2.14. The van der Waals surface area contributed by atoms with Crippen molar-refractivity contribution in [2.75, 3.05) is 10.6 Å². The van der Waals surface area contributed by atoms with E-state index >= 15 is 0 Å². The Bertz CT molecular complexity index is 670. The minimum absolute atomic E-state index is 0.0712. The van der Waals surface area contributed by atoms with Crippen molar-refractivity contribution in [3.05, 3.63) is 11.9 Å². The molecule has 0 saturated heterocycles. The van der Waals surface area contributed by atoms with Crippen molar-refractivity contribution in [3.8, 4) is 0 Å². The number of fused-ring (bicyclic) bond motifs is 1. The molecule has 2 aromatic heterocycles. The maximum absolute atomic E-state index is 11.2. The van der Waals surface area contributed by atoms with Crippen molar-refractivity contribution in [2.45, 2.75) is 20.8 Å². The quantitative estimate of drug-likeness (QED) is 0.820. The topological polar surface area (TPSA) is 110 Å². The van der Waals surface area contributed by atoms with Gasteiger partial charge in [0.15, 0.2) is 17.0 Å². The molecule has 0 spiro atoms. The number of hydrogen-bond acceptors (Lipinski definition) is 6. The second-order valence-corrected chi connectivity index (χ2v) is 3.94. The second-order valence-electron chi connectivity index (χ2n) is 3.94. The number of nitrogens with zero attached hydrogens (tertiary/aromatic N) is 4. The molecule has 0 radical (unpaired) electrons. The average Bonchev–Trinajstić information content (AvgIpc) is 2.28. The van der Waals surface area contributed by atoms with Gasteiger partial charge in [-0.2, -0.15) is 9.97 Å². The fraction of sp³-hybridized carbons (Fsp3) is 0.273. The van der Waals surface area contributed by atoms with Crippen LogP contribution in [0.4, 0.5) is 11.8 Å². The Morgan fingerprint density at radius 2 is 1.74 bits per heavy atom. The predicted molar refractivity (Wildman–Crippen MR) is 68.5 cm³/mol. The van der Waals surface area contributed by atoms with Crippen LogP contribution in [0.3, 0.4) is 0 Å². The van der Waals surface area contributed by atoms with E-state index in [4.69, 9.17) is 0 Å². The van der Waals surface area contributed by atoms with Gasteiger partial charge < -0.3 is 5.32 Å². The van der Waals surface area contributed by atoms with Crippen LogP contribution in [0.15, 0.2) is 6.20 Å². The van der Waals surface area contributed by atoms with Gasteiger partial charge in [0.1, 0.15) is 0 Å². The van der Waals surface area contributed by atoms with Gasteiger partial charge in [-0.25, -0.2) is 9.97 Å². The Balaban J connectivity index is 2.61. The summed E-state index contributed by atoms with van der Waals surface area (Å²) < 4.78 is 0. The number of carbonyl (C=O) groups is 2. The number of rotatable bonds is 2. The molecule has 8 heteroatoms. The molecule has 19 heavy (non-hydrogen) atoms. The molecule has 0 bridgehead atoms. The van der Waals surface area contributed by atoms with Crippen LogP contribution in [-0.4, -0.2) is 31.8 Å². The Labute approximate surface area is 108 Å². The number of aromatic nitrogens is 4.